The molecule has 39 heavy (non-hydrogen) atoms. The van der Waals surface area contributed by atoms with E-state index in [1.807, 2.05) is 0 Å². The van der Waals surface area contributed by atoms with Crippen molar-refractivity contribution in [1.82, 2.24) is 13.9 Å². The van der Waals surface area contributed by atoms with Gasteiger partial charge in [-0.05, 0) is 49.7 Å². The van der Waals surface area contributed by atoms with E-state index in [4.69, 9.17) is 10.6 Å². The maximum Gasteiger partial charge on any atom is 0.422 e. The molecule has 0 spiro atoms. The molecule has 0 aliphatic carbocycles. The average Bonchev–Trinajstić information content (AvgIpc) is 3.29. The van der Waals surface area contributed by atoms with Crippen LogP contribution in [0.5, 0.6) is 5.75 Å². The van der Waals surface area contributed by atoms with Gasteiger partial charge in [0.1, 0.15) is 5.75 Å². The molecule has 4 aromatic rings. The van der Waals surface area contributed by atoms with Gasteiger partial charge in [0, 0.05) is 11.8 Å². The number of carbonyl (C=O) groups excluding carboxylic acids is 1. The van der Waals surface area contributed by atoms with E-state index in [1.54, 1.807) is 12.1 Å². The molecule has 2 aromatic carbocycles. The SMILES string of the molecule is Cc1ccc(C(=O)ON)cc1S(=O)(=O)n1c(S(=O)Cc2nccc(OCC(F)(F)F)c2C)nc2ccccc21. The first-order chi connectivity index (χ1) is 18.3. The van der Waals surface area contributed by atoms with Gasteiger partial charge in [0.15, 0.2) is 6.61 Å². The van der Waals surface area contributed by atoms with Crippen molar-refractivity contribution in [3.05, 3.63) is 77.1 Å². The van der Waals surface area contributed by atoms with Gasteiger partial charge in [-0.3, -0.25) is 9.19 Å². The number of aromatic nitrogens is 3. The first-order valence-electron chi connectivity index (χ1n) is 11.1. The molecule has 0 radical (unpaired) electrons. The second-order valence-corrected chi connectivity index (χ2v) is 11.4. The highest BCUT2D eigenvalue weighted by atomic mass is 32.2. The molecule has 2 N–H and O–H groups in total. The Morgan fingerprint density at radius 1 is 1.13 bits per heavy atom. The smallest absolute Gasteiger partial charge is 0.422 e. The number of para-hydroxylation sites is 2. The fraction of sp³-hybridized carbons (Fsp3) is 0.208. The molecule has 2 aromatic heterocycles. The summed E-state index contributed by atoms with van der Waals surface area (Å²) in [5.41, 5.74) is 0.859. The molecule has 15 heteroatoms. The van der Waals surface area contributed by atoms with Crippen LogP contribution in [0.2, 0.25) is 0 Å². The van der Waals surface area contributed by atoms with Gasteiger partial charge in [0.2, 0.25) is 5.16 Å². The van der Waals surface area contributed by atoms with Crippen LogP contribution >= 0.6 is 0 Å². The van der Waals surface area contributed by atoms with E-state index in [0.717, 1.165) is 10.0 Å². The quantitative estimate of drug-likeness (QED) is 0.308. The first kappa shape index (κ1) is 28.2. The molecule has 0 saturated heterocycles. The number of halogens is 3. The fourth-order valence-electron chi connectivity index (χ4n) is 3.74. The molecule has 1 unspecified atom stereocenters. The summed E-state index contributed by atoms with van der Waals surface area (Å²) in [6.07, 6.45) is -3.36. The van der Waals surface area contributed by atoms with Gasteiger partial charge in [0.05, 0.1) is 43.7 Å². The third kappa shape index (κ3) is 5.79. The summed E-state index contributed by atoms with van der Waals surface area (Å²) < 4.78 is 85.0. The minimum absolute atomic E-state index is 0.102. The minimum Gasteiger partial charge on any atom is -0.484 e. The van der Waals surface area contributed by atoms with Gasteiger partial charge in [-0.25, -0.2) is 22.2 Å². The van der Waals surface area contributed by atoms with Gasteiger partial charge in [0.25, 0.3) is 10.0 Å². The van der Waals surface area contributed by atoms with Crippen LogP contribution in [-0.2, 0) is 31.4 Å². The van der Waals surface area contributed by atoms with E-state index in [0.29, 0.717) is 0 Å². The Balaban J connectivity index is 1.80. The standard InChI is InChI=1S/C24H21F3N4O6S2/c1-14-7-8-16(22(32)37-28)11-21(14)39(34,35)31-19-6-4-3-5-17(19)30-23(31)38(33)12-18-15(2)20(9-10-29-18)36-13-24(25,26)27/h3-11H,12-13,28H2,1-2H3. The maximum absolute atomic E-state index is 13.9. The van der Waals surface area contributed by atoms with E-state index >= 15 is 0 Å². The van der Waals surface area contributed by atoms with Crippen LogP contribution in [0.3, 0.4) is 0 Å². The lowest BCUT2D eigenvalue weighted by Gasteiger charge is -2.15. The monoisotopic (exact) mass is 582 g/mol. The Hall–Kier alpha value is -3.82. The lowest BCUT2D eigenvalue weighted by Crippen LogP contribution is -2.20. The number of aryl methyl sites for hydroxylation is 1. The first-order valence-corrected chi connectivity index (χ1v) is 13.9. The van der Waals surface area contributed by atoms with Crippen LogP contribution in [0.4, 0.5) is 13.2 Å². The summed E-state index contributed by atoms with van der Waals surface area (Å²) in [4.78, 5) is 24.3. The number of ether oxygens (including phenoxy) is 1. The zero-order valence-electron chi connectivity index (χ0n) is 20.4. The summed E-state index contributed by atoms with van der Waals surface area (Å²) >= 11 is 0. The minimum atomic E-state index is -4.56. The van der Waals surface area contributed by atoms with Crippen LogP contribution in [0.1, 0.15) is 27.2 Å². The van der Waals surface area contributed by atoms with Gasteiger partial charge in [-0.15, -0.1) is 0 Å². The predicted octanol–water partition coefficient (Wildman–Crippen LogP) is 3.56. The van der Waals surface area contributed by atoms with E-state index < -0.39 is 39.6 Å². The Morgan fingerprint density at radius 3 is 2.54 bits per heavy atom. The highest BCUT2D eigenvalue weighted by Crippen LogP contribution is 2.30. The zero-order valence-corrected chi connectivity index (χ0v) is 22.1. The lowest BCUT2D eigenvalue weighted by molar-refractivity contribution is -0.153. The van der Waals surface area contributed by atoms with E-state index in [-0.39, 0.29) is 55.0 Å². The van der Waals surface area contributed by atoms with Gasteiger partial charge < -0.3 is 9.57 Å². The normalized spacial score (nSPS) is 12.9. The van der Waals surface area contributed by atoms with Gasteiger partial charge in [-0.1, -0.05) is 18.2 Å². The van der Waals surface area contributed by atoms with Gasteiger partial charge >= 0.3 is 12.1 Å². The second kappa shape index (κ2) is 10.7. The summed E-state index contributed by atoms with van der Waals surface area (Å²) in [6.45, 7) is 1.45. The zero-order chi connectivity index (χ0) is 28.5. The number of fused-ring (bicyclic) bond motifs is 1. The van der Waals surface area contributed by atoms with Crippen molar-refractivity contribution in [2.45, 2.75) is 35.8 Å². The molecule has 0 amide bonds. The number of imidazole rings is 1. The Kier molecular flexibility index (Phi) is 7.77. The Morgan fingerprint density at radius 2 is 1.85 bits per heavy atom. The molecule has 0 aliphatic rings. The number of pyridine rings is 1. The van der Waals surface area contributed by atoms with Crippen LogP contribution in [0.25, 0.3) is 11.0 Å². The van der Waals surface area contributed by atoms with E-state index in [1.165, 1.54) is 50.4 Å². The molecular formula is C24H21F3N4O6S2. The van der Waals surface area contributed by atoms with E-state index in [9.17, 15) is 30.6 Å². The summed E-state index contributed by atoms with van der Waals surface area (Å²) in [6, 6.07) is 11.3. The molecule has 0 bridgehead atoms. The van der Waals surface area contributed by atoms with Crippen molar-refractivity contribution in [3.8, 4) is 5.75 Å². The molecule has 0 aliphatic heterocycles. The van der Waals surface area contributed by atoms with Gasteiger partial charge in [-0.2, -0.15) is 19.1 Å². The highest BCUT2D eigenvalue weighted by Gasteiger charge is 2.31. The summed E-state index contributed by atoms with van der Waals surface area (Å²) in [5.74, 6) is 3.52. The topological polar surface area (TPSA) is 143 Å². The Labute approximate surface area is 223 Å². The number of hydrogen-bond donors (Lipinski definition) is 1. The number of rotatable bonds is 8. The number of nitrogens with zero attached hydrogens (tertiary/aromatic N) is 3. The second-order valence-electron chi connectivity index (χ2n) is 8.31. The molecule has 0 saturated carbocycles. The van der Waals surface area contributed by atoms with Crippen molar-refractivity contribution < 1.29 is 40.2 Å². The third-order valence-electron chi connectivity index (χ3n) is 5.66. The molecule has 4 rings (SSSR count). The van der Waals surface area contributed by atoms with Crippen molar-refractivity contribution >= 4 is 37.8 Å². The number of nitrogens with two attached hydrogens (primary N) is 1. The van der Waals surface area contributed by atoms with Crippen molar-refractivity contribution in [2.24, 2.45) is 5.90 Å². The van der Waals surface area contributed by atoms with Crippen LogP contribution in [-0.4, -0.2) is 45.3 Å². The highest BCUT2D eigenvalue weighted by molar-refractivity contribution is 7.91. The summed E-state index contributed by atoms with van der Waals surface area (Å²) in [5, 5.41) is -0.342. The largest absolute Gasteiger partial charge is 0.484 e. The fourth-order valence-corrected chi connectivity index (χ4v) is 7.04. The number of hydrogen-bond acceptors (Lipinski definition) is 9. The van der Waals surface area contributed by atoms with Crippen molar-refractivity contribution in [3.63, 3.8) is 0 Å². The predicted molar refractivity (Wildman–Crippen MR) is 134 cm³/mol. The molecule has 0 fully saturated rings. The number of alkyl halides is 3. The molecule has 10 nitrogen and oxygen atoms in total. The number of benzene rings is 2. The van der Waals surface area contributed by atoms with Crippen molar-refractivity contribution in [2.75, 3.05) is 6.61 Å². The Bertz CT molecular complexity index is 1700. The van der Waals surface area contributed by atoms with Crippen LogP contribution in [0, 0.1) is 13.8 Å². The molecule has 1 atom stereocenters. The maximum atomic E-state index is 13.9. The molecular weight excluding hydrogens is 561 g/mol. The molecule has 2 heterocycles. The average molecular weight is 583 g/mol. The van der Waals surface area contributed by atoms with Crippen molar-refractivity contribution in [1.29, 1.82) is 0 Å². The summed E-state index contributed by atoms with van der Waals surface area (Å²) in [7, 11) is -6.63. The molecule has 206 valence electrons. The lowest BCUT2D eigenvalue weighted by atomic mass is 10.1. The van der Waals surface area contributed by atoms with Crippen LogP contribution < -0.4 is 10.6 Å². The van der Waals surface area contributed by atoms with E-state index in [2.05, 4.69) is 14.8 Å². The number of carbonyl (C=O) groups is 1. The third-order valence-corrected chi connectivity index (χ3v) is 8.84. The van der Waals surface area contributed by atoms with Crippen LogP contribution in [0.15, 0.2) is 64.8 Å².